The third kappa shape index (κ3) is 5.93. The minimum Gasteiger partial charge on any atom is -0.495 e. The summed E-state index contributed by atoms with van der Waals surface area (Å²) in [6, 6.07) is 5.53. The molecule has 0 bridgehead atoms. The zero-order chi connectivity index (χ0) is 26.7. The summed E-state index contributed by atoms with van der Waals surface area (Å²) in [6.45, 7) is 8.36. The molecule has 1 aromatic carbocycles. The average molecular weight is 506 g/mol. The SMILES string of the molecule is CN/C(=C1\C(=N)CCc2cnc(Nc3ccc(C(=O)NC4CCN(C)CC4)cc3OC)nc21)C(C)(C)C. The van der Waals surface area contributed by atoms with Crippen LogP contribution in [-0.4, -0.2) is 66.8 Å². The Morgan fingerprint density at radius 1 is 1.19 bits per heavy atom. The molecule has 1 amide bonds. The van der Waals surface area contributed by atoms with Gasteiger partial charge in [-0.05, 0) is 69.6 Å². The van der Waals surface area contributed by atoms with Crippen LogP contribution in [0.3, 0.4) is 0 Å². The van der Waals surface area contributed by atoms with Gasteiger partial charge in [0, 0.05) is 47.2 Å². The second kappa shape index (κ2) is 10.9. The van der Waals surface area contributed by atoms with E-state index in [0.29, 0.717) is 35.1 Å². The lowest BCUT2D eigenvalue weighted by Gasteiger charge is -2.30. The molecule has 4 N–H and O–H groups in total. The molecule has 1 aromatic heterocycles. The summed E-state index contributed by atoms with van der Waals surface area (Å²) in [6.07, 6.45) is 5.14. The smallest absolute Gasteiger partial charge is 0.251 e. The van der Waals surface area contributed by atoms with Gasteiger partial charge in [-0.15, -0.1) is 0 Å². The van der Waals surface area contributed by atoms with Crippen LogP contribution >= 0.6 is 0 Å². The van der Waals surface area contributed by atoms with Crippen LogP contribution in [0.4, 0.5) is 11.6 Å². The summed E-state index contributed by atoms with van der Waals surface area (Å²) in [5.41, 5.74) is 5.26. The first-order valence-electron chi connectivity index (χ1n) is 12.9. The lowest BCUT2D eigenvalue weighted by Crippen LogP contribution is -2.43. The molecule has 1 fully saturated rings. The van der Waals surface area contributed by atoms with Crippen LogP contribution in [-0.2, 0) is 6.42 Å². The van der Waals surface area contributed by atoms with Crippen LogP contribution in [0.1, 0.15) is 61.6 Å². The lowest BCUT2D eigenvalue weighted by molar-refractivity contribution is 0.0916. The number of hydrogen-bond donors (Lipinski definition) is 4. The number of methoxy groups -OCH3 is 1. The number of ether oxygens (including phenoxy) is 1. The van der Waals surface area contributed by atoms with E-state index < -0.39 is 0 Å². The number of allylic oxidation sites excluding steroid dienone is 2. The number of nitrogens with zero attached hydrogens (tertiary/aromatic N) is 3. The van der Waals surface area contributed by atoms with E-state index in [4.69, 9.17) is 15.1 Å². The fourth-order valence-corrected chi connectivity index (χ4v) is 5.02. The fraction of sp³-hybridized carbons (Fsp3) is 0.500. The van der Waals surface area contributed by atoms with E-state index in [9.17, 15) is 4.79 Å². The van der Waals surface area contributed by atoms with Gasteiger partial charge in [-0.3, -0.25) is 4.79 Å². The summed E-state index contributed by atoms with van der Waals surface area (Å²) < 4.78 is 5.61. The number of anilines is 2. The molecular formula is C28H39N7O2. The van der Waals surface area contributed by atoms with E-state index in [0.717, 1.165) is 54.9 Å². The van der Waals surface area contributed by atoms with Crippen molar-refractivity contribution in [1.82, 2.24) is 25.5 Å². The highest BCUT2D eigenvalue weighted by molar-refractivity contribution is 6.24. The third-order valence-electron chi connectivity index (χ3n) is 7.06. The number of carbonyl (C=O) groups is 1. The van der Waals surface area contributed by atoms with Crippen LogP contribution in [0, 0.1) is 10.8 Å². The second-order valence-corrected chi connectivity index (χ2v) is 10.9. The lowest BCUT2D eigenvalue weighted by atomic mass is 9.81. The number of nitrogens with one attached hydrogen (secondary N) is 4. The van der Waals surface area contributed by atoms with Gasteiger partial charge in [0.1, 0.15) is 5.75 Å². The molecular weight excluding hydrogens is 466 g/mol. The van der Waals surface area contributed by atoms with E-state index in [1.54, 1.807) is 19.2 Å². The van der Waals surface area contributed by atoms with Crippen molar-refractivity contribution in [3.63, 3.8) is 0 Å². The Labute approximate surface area is 219 Å². The maximum Gasteiger partial charge on any atom is 0.251 e. The number of hydrogen-bond acceptors (Lipinski definition) is 8. The number of likely N-dealkylation sites (tertiary alicyclic amines) is 1. The van der Waals surface area contributed by atoms with Gasteiger partial charge in [-0.25, -0.2) is 9.97 Å². The van der Waals surface area contributed by atoms with Crippen molar-refractivity contribution in [3.8, 4) is 5.75 Å². The number of piperidine rings is 1. The van der Waals surface area contributed by atoms with Gasteiger partial charge < -0.3 is 31.0 Å². The predicted octanol–water partition coefficient (Wildman–Crippen LogP) is 4.00. The molecule has 1 aliphatic heterocycles. The second-order valence-electron chi connectivity index (χ2n) is 10.9. The van der Waals surface area contributed by atoms with Gasteiger partial charge >= 0.3 is 0 Å². The van der Waals surface area contributed by atoms with E-state index in [1.807, 2.05) is 19.3 Å². The average Bonchev–Trinajstić information content (AvgIpc) is 2.86. The Morgan fingerprint density at radius 2 is 1.92 bits per heavy atom. The van der Waals surface area contributed by atoms with Crippen molar-refractivity contribution in [3.05, 3.63) is 46.9 Å². The Kier molecular flexibility index (Phi) is 7.82. The quantitative estimate of drug-likeness (QED) is 0.469. The van der Waals surface area contributed by atoms with Crippen LogP contribution in [0.5, 0.6) is 5.75 Å². The zero-order valence-corrected chi connectivity index (χ0v) is 22.8. The molecule has 37 heavy (non-hydrogen) atoms. The molecule has 9 nitrogen and oxygen atoms in total. The van der Waals surface area contributed by atoms with E-state index in [-0.39, 0.29) is 17.4 Å². The number of fused-ring (bicyclic) bond motifs is 1. The van der Waals surface area contributed by atoms with Gasteiger partial charge in [0.15, 0.2) is 0 Å². The van der Waals surface area contributed by atoms with Gasteiger partial charge in [0.25, 0.3) is 5.91 Å². The summed E-state index contributed by atoms with van der Waals surface area (Å²) in [5.74, 6) is 0.850. The standard InChI is InChI=1S/C28H39N7O2/c1-28(2,3)25(30-4)23-20(29)9-7-18-16-31-27(34-24(18)23)33-21-10-8-17(15-22(21)37-6)26(36)32-19-11-13-35(5)14-12-19/h8,10,15-16,19,29-30H,7,9,11-14H2,1-6H3,(H,32,36)(H,31,33,34)/b25-23+,29-20?. The highest BCUT2D eigenvalue weighted by Gasteiger charge is 2.29. The van der Waals surface area contributed by atoms with E-state index in [2.05, 4.69) is 53.7 Å². The Balaban J connectivity index is 1.59. The van der Waals surface area contributed by atoms with Gasteiger partial charge in [0.05, 0.1) is 18.5 Å². The maximum absolute atomic E-state index is 12.9. The number of amides is 1. The summed E-state index contributed by atoms with van der Waals surface area (Å²) in [4.78, 5) is 24.5. The largest absolute Gasteiger partial charge is 0.495 e. The third-order valence-corrected chi connectivity index (χ3v) is 7.06. The van der Waals surface area contributed by atoms with Crippen LogP contribution in [0.15, 0.2) is 30.1 Å². The van der Waals surface area contributed by atoms with E-state index >= 15 is 0 Å². The molecule has 2 aliphatic rings. The van der Waals surface area contributed by atoms with E-state index in [1.165, 1.54) is 0 Å². The van der Waals surface area contributed by atoms with Crippen molar-refractivity contribution in [2.24, 2.45) is 5.41 Å². The highest BCUT2D eigenvalue weighted by atomic mass is 16.5. The molecule has 0 atom stereocenters. The minimum absolute atomic E-state index is 0.0977. The molecule has 198 valence electrons. The van der Waals surface area contributed by atoms with Crippen LogP contribution < -0.4 is 20.7 Å². The zero-order valence-electron chi connectivity index (χ0n) is 22.8. The van der Waals surface area contributed by atoms with Gasteiger partial charge in [-0.2, -0.15) is 0 Å². The molecule has 0 spiro atoms. The molecule has 1 aliphatic carbocycles. The summed E-state index contributed by atoms with van der Waals surface area (Å²) in [7, 11) is 5.58. The maximum atomic E-state index is 12.9. The van der Waals surface area contributed by atoms with Gasteiger partial charge in [-0.1, -0.05) is 20.8 Å². The highest BCUT2D eigenvalue weighted by Crippen LogP contribution is 2.36. The number of benzene rings is 1. The molecule has 9 heteroatoms. The van der Waals surface area contributed by atoms with Crippen molar-refractivity contribution in [1.29, 1.82) is 5.41 Å². The first-order chi connectivity index (χ1) is 17.6. The monoisotopic (exact) mass is 505 g/mol. The number of aromatic nitrogens is 2. The molecule has 4 rings (SSSR count). The van der Waals surface area contributed by atoms with Crippen molar-refractivity contribution >= 4 is 28.8 Å². The van der Waals surface area contributed by atoms with Crippen LogP contribution in [0.25, 0.3) is 5.57 Å². The van der Waals surface area contributed by atoms with Crippen molar-refractivity contribution in [2.75, 3.05) is 39.6 Å². The Morgan fingerprint density at radius 3 is 2.57 bits per heavy atom. The normalized spacial score (nSPS) is 18.2. The molecule has 0 saturated carbocycles. The molecule has 2 aromatic rings. The van der Waals surface area contributed by atoms with Crippen molar-refractivity contribution in [2.45, 2.75) is 52.5 Å². The number of rotatable bonds is 6. The first kappa shape index (κ1) is 26.6. The summed E-state index contributed by atoms with van der Waals surface area (Å²) >= 11 is 0. The topological polar surface area (TPSA) is 115 Å². The molecule has 1 saturated heterocycles. The fourth-order valence-electron chi connectivity index (χ4n) is 5.02. The summed E-state index contributed by atoms with van der Waals surface area (Å²) in [5, 5.41) is 18.4. The first-order valence-corrected chi connectivity index (χ1v) is 12.9. The number of carbonyl (C=O) groups excluding carboxylic acids is 1. The Hall–Kier alpha value is -3.46. The molecule has 2 heterocycles. The predicted molar refractivity (Wildman–Crippen MR) is 148 cm³/mol. The Bertz CT molecular complexity index is 1210. The van der Waals surface area contributed by atoms with Gasteiger partial charge in [0.2, 0.25) is 5.95 Å². The van der Waals surface area contributed by atoms with Crippen LogP contribution in [0.2, 0.25) is 0 Å². The minimum atomic E-state index is -0.170. The van der Waals surface area contributed by atoms with Crippen molar-refractivity contribution < 1.29 is 9.53 Å². The number of aryl methyl sites for hydroxylation is 1. The molecule has 0 unspecified atom stereocenters. The molecule has 0 radical (unpaired) electrons.